The molecule has 32 heavy (non-hydrogen) atoms. The number of rotatable bonds is 7. The van der Waals surface area contributed by atoms with Gasteiger partial charge in [0, 0.05) is 11.4 Å². The highest BCUT2D eigenvalue weighted by Gasteiger charge is 2.24. The second-order valence-corrected chi connectivity index (χ2v) is 9.21. The van der Waals surface area contributed by atoms with Gasteiger partial charge < -0.3 is 9.73 Å². The van der Waals surface area contributed by atoms with Crippen molar-refractivity contribution in [1.29, 1.82) is 0 Å². The zero-order valence-corrected chi connectivity index (χ0v) is 19.4. The molecule has 1 atom stereocenters. The van der Waals surface area contributed by atoms with Gasteiger partial charge in [-0.3, -0.25) is 9.36 Å². The number of nitrogens with zero attached hydrogens (tertiary/aromatic N) is 3. The summed E-state index contributed by atoms with van der Waals surface area (Å²) < 4.78 is 7.48. The van der Waals surface area contributed by atoms with Crippen LogP contribution >= 0.6 is 11.8 Å². The van der Waals surface area contributed by atoms with Crippen LogP contribution in [0.2, 0.25) is 0 Å². The van der Waals surface area contributed by atoms with Crippen LogP contribution in [-0.4, -0.2) is 25.9 Å². The molecule has 7 heteroatoms. The van der Waals surface area contributed by atoms with Gasteiger partial charge in [0.2, 0.25) is 11.7 Å². The standard InChI is InChI=1S/C25H26N4O2S/c1-16(2)20-13-8-10-17(3)22(20)26-24(30)18(4)32-25-28-27-23(21-14-9-15-31-21)29(25)19-11-6-5-7-12-19/h5-16,18H,1-4H3,(H,26,30). The normalized spacial score (nSPS) is 12.2. The van der Waals surface area contributed by atoms with Crippen LogP contribution in [0.1, 0.15) is 37.8 Å². The number of furan rings is 1. The molecule has 2 aromatic heterocycles. The Bertz CT molecular complexity index is 1200. The van der Waals surface area contributed by atoms with Crippen LogP contribution in [0.15, 0.2) is 76.5 Å². The van der Waals surface area contributed by atoms with Gasteiger partial charge in [0.05, 0.1) is 11.5 Å². The summed E-state index contributed by atoms with van der Waals surface area (Å²) in [7, 11) is 0. The molecule has 0 saturated carbocycles. The molecule has 1 amide bonds. The first-order chi connectivity index (χ1) is 15.5. The van der Waals surface area contributed by atoms with E-state index in [0.29, 0.717) is 22.7 Å². The Morgan fingerprint density at radius 3 is 2.47 bits per heavy atom. The zero-order valence-electron chi connectivity index (χ0n) is 18.6. The van der Waals surface area contributed by atoms with Crippen molar-refractivity contribution in [2.24, 2.45) is 0 Å². The Hall–Kier alpha value is -3.32. The van der Waals surface area contributed by atoms with E-state index in [0.717, 1.165) is 22.5 Å². The van der Waals surface area contributed by atoms with E-state index in [1.165, 1.54) is 11.8 Å². The van der Waals surface area contributed by atoms with E-state index >= 15 is 0 Å². The average Bonchev–Trinajstić information content (AvgIpc) is 3.45. The van der Waals surface area contributed by atoms with Crippen molar-refractivity contribution in [3.63, 3.8) is 0 Å². The van der Waals surface area contributed by atoms with Crippen molar-refractivity contribution in [3.05, 3.63) is 78.1 Å². The number of anilines is 1. The molecule has 1 unspecified atom stereocenters. The number of carbonyl (C=O) groups is 1. The van der Waals surface area contributed by atoms with Crippen LogP contribution < -0.4 is 5.32 Å². The van der Waals surface area contributed by atoms with E-state index < -0.39 is 0 Å². The molecule has 4 rings (SSSR count). The third-order valence-electron chi connectivity index (χ3n) is 5.22. The van der Waals surface area contributed by atoms with Crippen molar-refractivity contribution in [2.45, 2.75) is 44.0 Å². The van der Waals surface area contributed by atoms with Crippen LogP contribution in [0.3, 0.4) is 0 Å². The van der Waals surface area contributed by atoms with Gasteiger partial charge >= 0.3 is 0 Å². The minimum atomic E-state index is -0.384. The predicted molar refractivity (Wildman–Crippen MR) is 128 cm³/mol. The fourth-order valence-corrected chi connectivity index (χ4v) is 4.37. The first-order valence-corrected chi connectivity index (χ1v) is 11.5. The van der Waals surface area contributed by atoms with Crippen LogP contribution in [0.4, 0.5) is 5.69 Å². The highest BCUT2D eigenvalue weighted by Crippen LogP contribution is 2.32. The molecular formula is C25H26N4O2S. The highest BCUT2D eigenvalue weighted by molar-refractivity contribution is 8.00. The molecule has 2 heterocycles. The van der Waals surface area contributed by atoms with E-state index in [2.05, 4.69) is 35.4 Å². The number of hydrogen-bond donors (Lipinski definition) is 1. The first kappa shape index (κ1) is 21.9. The number of hydrogen-bond acceptors (Lipinski definition) is 5. The summed E-state index contributed by atoms with van der Waals surface area (Å²) in [4.78, 5) is 13.1. The Morgan fingerprint density at radius 2 is 1.78 bits per heavy atom. The number of para-hydroxylation sites is 2. The van der Waals surface area contributed by atoms with Crippen LogP contribution in [0, 0.1) is 6.92 Å². The van der Waals surface area contributed by atoms with Crippen molar-refractivity contribution in [2.75, 3.05) is 5.32 Å². The average molecular weight is 447 g/mol. The number of thioether (sulfide) groups is 1. The second kappa shape index (κ2) is 9.44. The predicted octanol–water partition coefficient (Wildman–Crippen LogP) is 6.08. The molecule has 0 bridgehead atoms. The minimum absolute atomic E-state index is 0.0756. The number of nitrogens with one attached hydrogen (secondary N) is 1. The topological polar surface area (TPSA) is 73.0 Å². The molecular weight excluding hydrogens is 420 g/mol. The molecule has 0 radical (unpaired) electrons. The summed E-state index contributed by atoms with van der Waals surface area (Å²) in [6.45, 7) is 8.15. The van der Waals surface area contributed by atoms with Crippen molar-refractivity contribution < 1.29 is 9.21 Å². The van der Waals surface area contributed by atoms with Gasteiger partial charge in [0.15, 0.2) is 10.9 Å². The maximum Gasteiger partial charge on any atom is 0.237 e. The largest absolute Gasteiger partial charge is 0.461 e. The monoisotopic (exact) mass is 446 g/mol. The van der Waals surface area contributed by atoms with Crippen LogP contribution in [0.25, 0.3) is 17.3 Å². The molecule has 0 aliphatic heterocycles. The van der Waals surface area contributed by atoms with Gasteiger partial charge in [0.25, 0.3) is 0 Å². The minimum Gasteiger partial charge on any atom is -0.461 e. The van der Waals surface area contributed by atoms with Crippen molar-refractivity contribution in [3.8, 4) is 17.3 Å². The Balaban J connectivity index is 1.62. The lowest BCUT2D eigenvalue weighted by Gasteiger charge is -2.18. The smallest absolute Gasteiger partial charge is 0.237 e. The van der Waals surface area contributed by atoms with E-state index in [1.54, 1.807) is 6.26 Å². The van der Waals surface area contributed by atoms with Gasteiger partial charge in [-0.15, -0.1) is 10.2 Å². The molecule has 0 aliphatic carbocycles. The summed E-state index contributed by atoms with van der Waals surface area (Å²) in [5.74, 6) is 1.45. The summed E-state index contributed by atoms with van der Waals surface area (Å²) in [6.07, 6.45) is 1.61. The van der Waals surface area contributed by atoms with E-state index in [-0.39, 0.29) is 11.2 Å². The SMILES string of the molecule is Cc1cccc(C(C)C)c1NC(=O)C(C)Sc1nnc(-c2ccco2)n1-c1ccccc1. The number of amides is 1. The number of carbonyl (C=O) groups excluding carboxylic acids is 1. The zero-order chi connectivity index (χ0) is 22.7. The second-order valence-electron chi connectivity index (χ2n) is 7.90. The Morgan fingerprint density at radius 1 is 1.00 bits per heavy atom. The van der Waals surface area contributed by atoms with Gasteiger partial charge in [-0.25, -0.2) is 0 Å². The fourth-order valence-electron chi connectivity index (χ4n) is 3.50. The summed E-state index contributed by atoms with van der Waals surface area (Å²) in [5.41, 5.74) is 3.97. The third kappa shape index (κ3) is 4.48. The lowest BCUT2D eigenvalue weighted by atomic mass is 9.98. The van der Waals surface area contributed by atoms with Gasteiger partial charge in [-0.2, -0.15) is 0 Å². The molecule has 6 nitrogen and oxygen atoms in total. The van der Waals surface area contributed by atoms with Gasteiger partial charge in [0.1, 0.15) is 0 Å². The number of aryl methyl sites for hydroxylation is 1. The quantitative estimate of drug-likeness (QED) is 0.348. The Labute approximate surface area is 192 Å². The summed E-state index contributed by atoms with van der Waals surface area (Å²) in [5, 5.41) is 12.1. The molecule has 0 fully saturated rings. The molecule has 0 aliphatic rings. The van der Waals surface area contributed by atoms with Crippen molar-refractivity contribution in [1.82, 2.24) is 14.8 Å². The van der Waals surface area contributed by atoms with Gasteiger partial charge in [-0.05, 0) is 55.2 Å². The summed E-state index contributed by atoms with van der Waals surface area (Å²) in [6, 6.07) is 19.6. The van der Waals surface area contributed by atoms with Gasteiger partial charge in [-0.1, -0.05) is 62.0 Å². The third-order valence-corrected chi connectivity index (χ3v) is 6.26. The Kier molecular flexibility index (Phi) is 6.46. The number of aromatic nitrogens is 3. The first-order valence-electron chi connectivity index (χ1n) is 10.6. The molecule has 2 aromatic carbocycles. The lowest BCUT2D eigenvalue weighted by molar-refractivity contribution is -0.115. The molecule has 0 saturated heterocycles. The van der Waals surface area contributed by atoms with Crippen LogP contribution in [0.5, 0.6) is 0 Å². The molecule has 4 aromatic rings. The fraction of sp³-hybridized carbons (Fsp3) is 0.240. The lowest BCUT2D eigenvalue weighted by Crippen LogP contribution is -2.24. The molecule has 0 spiro atoms. The molecule has 164 valence electrons. The van der Waals surface area contributed by atoms with E-state index in [9.17, 15) is 4.79 Å². The maximum atomic E-state index is 13.1. The van der Waals surface area contributed by atoms with Crippen molar-refractivity contribution >= 4 is 23.4 Å². The molecule has 1 N–H and O–H groups in total. The maximum absolute atomic E-state index is 13.1. The number of benzene rings is 2. The summed E-state index contributed by atoms with van der Waals surface area (Å²) >= 11 is 1.37. The highest BCUT2D eigenvalue weighted by atomic mass is 32.2. The van der Waals surface area contributed by atoms with E-state index in [4.69, 9.17) is 4.42 Å². The van der Waals surface area contributed by atoms with Crippen LogP contribution in [-0.2, 0) is 4.79 Å². The van der Waals surface area contributed by atoms with E-state index in [1.807, 2.05) is 73.0 Å².